The van der Waals surface area contributed by atoms with Gasteiger partial charge in [0.05, 0.1) is 13.2 Å². The molecule has 0 amide bonds. The summed E-state index contributed by atoms with van der Waals surface area (Å²) in [5, 5.41) is 10.6. The Kier molecular flexibility index (Phi) is 5.65. The molecule has 0 spiro atoms. The van der Waals surface area contributed by atoms with E-state index in [4.69, 9.17) is 4.74 Å². The van der Waals surface area contributed by atoms with Gasteiger partial charge >= 0.3 is 0 Å². The normalized spacial score (nSPS) is 25.6. The number of hydrogen-bond acceptors (Lipinski definition) is 3. The van der Waals surface area contributed by atoms with Crippen molar-refractivity contribution in [2.24, 2.45) is 5.92 Å². The molecule has 1 aliphatic rings. The number of likely N-dealkylation sites (N-methyl/N-ethyl adjacent to an activating group) is 1. The number of hydrogen-bond donors (Lipinski definition) is 1. The van der Waals surface area contributed by atoms with Gasteiger partial charge in [0.2, 0.25) is 0 Å². The van der Waals surface area contributed by atoms with E-state index in [9.17, 15) is 5.11 Å². The maximum absolute atomic E-state index is 10.6. The molecule has 0 saturated heterocycles. The van der Waals surface area contributed by atoms with Gasteiger partial charge in [-0.25, -0.2) is 0 Å². The van der Waals surface area contributed by atoms with Gasteiger partial charge in [0, 0.05) is 12.1 Å². The average Bonchev–Trinajstić information content (AvgIpc) is 2.53. The lowest BCUT2D eigenvalue weighted by molar-refractivity contribution is 0.0327. The molecule has 118 valence electrons. The summed E-state index contributed by atoms with van der Waals surface area (Å²) in [7, 11) is 3.81. The molecule has 0 aromatic heterocycles. The lowest BCUT2D eigenvalue weighted by Crippen LogP contribution is -2.43. The lowest BCUT2D eigenvalue weighted by Gasteiger charge is -2.39. The summed E-state index contributed by atoms with van der Waals surface area (Å²) in [4.78, 5) is 2.37. The Morgan fingerprint density at radius 2 is 1.90 bits per heavy atom. The minimum atomic E-state index is -0.460. The van der Waals surface area contributed by atoms with E-state index in [1.807, 2.05) is 24.3 Å². The fourth-order valence-electron chi connectivity index (χ4n) is 3.41. The fraction of sp³-hybridized carbons (Fsp3) is 0.667. The summed E-state index contributed by atoms with van der Waals surface area (Å²) >= 11 is 0. The summed E-state index contributed by atoms with van der Waals surface area (Å²) in [5.41, 5.74) is 0.957. The summed E-state index contributed by atoms with van der Waals surface area (Å²) in [6.45, 7) is 4.46. The first kappa shape index (κ1) is 16.3. The first-order valence-corrected chi connectivity index (χ1v) is 8.07. The van der Waals surface area contributed by atoms with Crippen LogP contribution in [0.1, 0.15) is 51.2 Å². The van der Waals surface area contributed by atoms with Crippen LogP contribution in [-0.4, -0.2) is 36.2 Å². The highest BCUT2D eigenvalue weighted by molar-refractivity contribution is 5.29. The molecule has 4 unspecified atom stereocenters. The van der Waals surface area contributed by atoms with E-state index in [0.29, 0.717) is 6.04 Å². The second kappa shape index (κ2) is 7.28. The summed E-state index contributed by atoms with van der Waals surface area (Å²) in [6, 6.07) is 8.45. The van der Waals surface area contributed by atoms with Gasteiger partial charge in [0.15, 0.2) is 0 Å². The van der Waals surface area contributed by atoms with E-state index in [-0.39, 0.29) is 6.04 Å². The van der Waals surface area contributed by atoms with Crippen LogP contribution in [0.3, 0.4) is 0 Å². The van der Waals surface area contributed by atoms with E-state index in [0.717, 1.165) is 17.2 Å². The predicted octanol–water partition coefficient (Wildman–Crippen LogP) is 3.63. The largest absolute Gasteiger partial charge is 0.497 e. The molecule has 0 bridgehead atoms. The molecular formula is C18H29NO2. The van der Waals surface area contributed by atoms with Crippen molar-refractivity contribution in [3.05, 3.63) is 29.8 Å². The highest BCUT2D eigenvalue weighted by Crippen LogP contribution is 2.30. The molecule has 1 fully saturated rings. The van der Waals surface area contributed by atoms with Crippen LogP contribution >= 0.6 is 0 Å². The number of rotatable bonds is 5. The molecule has 21 heavy (non-hydrogen) atoms. The van der Waals surface area contributed by atoms with Crippen LogP contribution < -0.4 is 4.74 Å². The molecule has 3 nitrogen and oxygen atoms in total. The summed E-state index contributed by atoms with van der Waals surface area (Å²) in [5.74, 6) is 1.63. The van der Waals surface area contributed by atoms with E-state index < -0.39 is 6.10 Å². The zero-order chi connectivity index (χ0) is 15.4. The van der Waals surface area contributed by atoms with Gasteiger partial charge in [-0.1, -0.05) is 31.9 Å². The van der Waals surface area contributed by atoms with Crippen molar-refractivity contribution in [1.29, 1.82) is 0 Å². The lowest BCUT2D eigenvalue weighted by atomic mass is 9.85. The van der Waals surface area contributed by atoms with Crippen LogP contribution in [-0.2, 0) is 0 Å². The smallest absolute Gasteiger partial charge is 0.118 e. The summed E-state index contributed by atoms with van der Waals surface area (Å²) < 4.78 is 5.17. The van der Waals surface area contributed by atoms with E-state index in [2.05, 4.69) is 25.8 Å². The molecule has 1 aliphatic carbocycles. The Labute approximate surface area is 128 Å². The first-order valence-electron chi connectivity index (χ1n) is 8.07. The zero-order valence-electron chi connectivity index (χ0n) is 13.7. The van der Waals surface area contributed by atoms with Crippen LogP contribution in [0.25, 0.3) is 0 Å². The number of methoxy groups -OCH3 is 1. The van der Waals surface area contributed by atoms with Crippen molar-refractivity contribution >= 4 is 0 Å². The molecule has 0 heterocycles. The van der Waals surface area contributed by atoms with E-state index >= 15 is 0 Å². The molecule has 0 radical (unpaired) electrons. The number of ether oxygens (including phenoxy) is 1. The Bertz CT molecular complexity index is 431. The van der Waals surface area contributed by atoms with Crippen LogP contribution in [0.4, 0.5) is 0 Å². The number of aliphatic hydroxyl groups excluding tert-OH is 1. The number of benzene rings is 1. The topological polar surface area (TPSA) is 32.7 Å². The van der Waals surface area contributed by atoms with Crippen molar-refractivity contribution in [3.8, 4) is 5.75 Å². The number of nitrogens with zero attached hydrogens (tertiary/aromatic N) is 1. The average molecular weight is 291 g/mol. The SMILES string of the molecule is COc1ccc(C(O)C(C)N(C)C2CCCC(C)C2)cc1. The van der Waals surface area contributed by atoms with Gasteiger partial charge in [-0.3, -0.25) is 4.90 Å². The predicted molar refractivity (Wildman–Crippen MR) is 86.6 cm³/mol. The highest BCUT2D eigenvalue weighted by Gasteiger charge is 2.29. The molecule has 3 heteroatoms. The molecule has 1 aromatic carbocycles. The standard InChI is InChI=1S/C18H29NO2/c1-13-6-5-7-16(12-13)19(3)14(2)18(20)15-8-10-17(21-4)11-9-15/h8-11,13-14,16,18,20H,5-7,12H2,1-4H3. The van der Waals surface area contributed by atoms with Gasteiger partial charge in [0.1, 0.15) is 5.75 Å². The molecule has 0 aliphatic heterocycles. The minimum Gasteiger partial charge on any atom is -0.497 e. The molecule has 4 atom stereocenters. The zero-order valence-corrected chi connectivity index (χ0v) is 13.7. The monoisotopic (exact) mass is 291 g/mol. The second-order valence-electron chi connectivity index (χ2n) is 6.55. The Hall–Kier alpha value is -1.06. The highest BCUT2D eigenvalue weighted by atomic mass is 16.5. The van der Waals surface area contributed by atoms with Crippen molar-refractivity contribution < 1.29 is 9.84 Å². The van der Waals surface area contributed by atoms with Gasteiger partial charge in [-0.05, 0) is 50.4 Å². The van der Waals surface area contributed by atoms with Gasteiger partial charge in [0.25, 0.3) is 0 Å². The third-order valence-electron chi connectivity index (χ3n) is 5.04. The van der Waals surface area contributed by atoms with E-state index in [1.54, 1.807) is 7.11 Å². The maximum atomic E-state index is 10.6. The Balaban J connectivity index is 2.01. The molecule has 1 aromatic rings. The van der Waals surface area contributed by atoms with Gasteiger partial charge in [-0.15, -0.1) is 0 Å². The van der Waals surface area contributed by atoms with Crippen molar-refractivity contribution in [2.75, 3.05) is 14.2 Å². The molecule has 2 rings (SSSR count). The Morgan fingerprint density at radius 3 is 2.48 bits per heavy atom. The van der Waals surface area contributed by atoms with E-state index in [1.165, 1.54) is 25.7 Å². The van der Waals surface area contributed by atoms with Crippen molar-refractivity contribution in [1.82, 2.24) is 4.90 Å². The van der Waals surface area contributed by atoms with Gasteiger partial charge < -0.3 is 9.84 Å². The maximum Gasteiger partial charge on any atom is 0.118 e. The second-order valence-corrected chi connectivity index (χ2v) is 6.55. The first-order chi connectivity index (χ1) is 10.0. The van der Waals surface area contributed by atoms with Crippen molar-refractivity contribution in [3.63, 3.8) is 0 Å². The third kappa shape index (κ3) is 3.98. The van der Waals surface area contributed by atoms with Crippen LogP contribution in [0.2, 0.25) is 0 Å². The molecular weight excluding hydrogens is 262 g/mol. The fourth-order valence-corrected chi connectivity index (χ4v) is 3.41. The van der Waals surface area contributed by atoms with Crippen LogP contribution in [0.15, 0.2) is 24.3 Å². The summed E-state index contributed by atoms with van der Waals surface area (Å²) in [6.07, 6.45) is 4.69. The van der Waals surface area contributed by atoms with Gasteiger partial charge in [-0.2, -0.15) is 0 Å². The van der Waals surface area contributed by atoms with Crippen LogP contribution in [0, 0.1) is 5.92 Å². The van der Waals surface area contributed by atoms with Crippen molar-refractivity contribution in [2.45, 2.75) is 57.7 Å². The molecule has 1 saturated carbocycles. The minimum absolute atomic E-state index is 0.119. The third-order valence-corrected chi connectivity index (χ3v) is 5.04. The quantitative estimate of drug-likeness (QED) is 0.899. The Morgan fingerprint density at radius 1 is 1.24 bits per heavy atom. The van der Waals surface area contributed by atoms with Crippen LogP contribution in [0.5, 0.6) is 5.75 Å². The molecule has 1 N–H and O–H groups in total. The number of aliphatic hydroxyl groups is 1.